The average molecular weight is 387 g/mol. The number of carbonyl (C=O) groups is 1. The van der Waals surface area contributed by atoms with Gasteiger partial charge in [-0.2, -0.15) is 0 Å². The predicted molar refractivity (Wildman–Crippen MR) is 89.6 cm³/mol. The molecule has 2 rings (SSSR count). The Morgan fingerprint density at radius 1 is 1.12 bits per heavy atom. The number of nitrogens with one attached hydrogen (secondary N) is 1. The molecule has 0 atom stereocenters. The maximum absolute atomic E-state index is 12.2. The highest BCUT2D eigenvalue weighted by molar-refractivity contribution is 7.91. The Hall–Kier alpha value is -2.55. The molecule has 0 fully saturated rings. The van der Waals surface area contributed by atoms with Crippen LogP contribution in [0.3, 0.4) is 0 Å². The number of hydrogen-bond donors (Lipinski definition) is 1. The highest BCUT2D eigenvalue weighted by Gasteiger charge is 2.31. The lowest BCUT2D eigenvalue weighted by molar-refractivity contribution is -0.274. The molecule has 0 aromatic heterocycles. The molecule has 2 aromatic carbocycles. The summed E-state index contributed by atoms with van der Waals surface area (Å²) in [5.74, 6) is -1.53. The average Bonchev–Trinajstić information content (AvgIpc) is 2.52. The van der Waals surface area contributed by atoms with Gasteiger partial charge in [0.15, 0.2) is 9.84 Å². The molecule has 9 heteroatoms. The first kappa shape index (κ1) is 19.8. The molecule has 140 valence electrons. The number of halogens is 3. The van der Waals surface area contributed by atoms with Crippen LogP contribution in [-0.2, 0) is 14.6 Å². The normalized spacial score (nSPS) is 11.8. The van der Waals surface area contributed by atoms with Gasteiger partial charge in [0.05, 0.1) is 10.6 Å². The molecule has 0 bridgehead atoms. The van der Waals surface area contributed by atoms with Crippen LogP contribution in [0.25, 0.3) is 0 Å². The summed E-state index contributed by atoms with van der Waals surface area (Å²) in [4.78, 5) is 12.0. The SMILES string of the molecule is Cc1ccc(S(=O)(=O)CCC(=O)Nc2cccc(OC(F)(F)F)c2)cc1. The lowest BCUT2D eigenvalue weighted by atomic mass is 10.2. The number of ether oxygens (including phenoxy) is 1. The van der Waals surface area contributed by atoms with Crippen molar-refractivity contribution in [3.8, 4) is 5.75 Å². The van der Waals surface area contributed by atoms with Crippen LogP contribution in [0.1, 0.15) is 12.0 Å². The maximum Gasteiger partial charge on any atom is 0.573 e. The van der Waals surface area contributed by atoms with E-state index in [9.17, 15) is 26.4 Å². The molecule has 0 radical (unpaired) electrons. The topological polar surface area (TPSA) is 72.5 Å². The molecule has 0 spiro atoms. The number of amides is 1. The van der Waals surface area contributed by atoms with Gasteiger partial charge in [0, 0.05) is 18.2 Å². The molecule has 0 saturated heterocycles. The van der Waals surface area contributed by atoms with Crippen molar-refractivity contribution in [3.63, 3.8) is 0 Å². The first-order valence-corrected chi connectivity index (χ1v) is 9.15. The summed E-state index contributed by atoms with van der Waals surface area (Å²) in [5.41, 5.74) is 0.979. The van der Waals surface area contributed by atoms with Crippen molar-refractivity contribution in [2.45, 2.75) is 24.6 Å². The Kier molecular flexibility index (Phi) is 5.91. The van der Waals surface area contributed by atoms with Crippen LogP contribution in [0.2, 0.25) is 0 Å². The van der Waals surface area contributed by atoms with Crippen molar-refractivity contribution >= 4 is 21.4 Å². The summed E-state index contributed by atoms with van der Waals surface area (Å²) in [5, 5.41) is 2.35. The van der Waals surface area contributed by atoms with E-state index >= 15 is 0 Å². The summed E-state index contributed by atoms with van der Waals surface area (Å²) in [6.45, 7) is 1.82. The minimum absolute atomic E-state index is 0.0736. The second-order valence-corrected chi connectivity index (χ2v) is 7.61. The molecule has 0 aliphatic carbocycles. The number of anilines is 1. The van der Waals surface area contributed by atoms with Crippen LogP contribution in [-0.4, -0.2) is 26.4 Å². The highest BCUT2D eigenvalue weighted by atomic mass is 32.2. The number of hydrogen-bond acceptors (Lipinski definition) is 4. The number of sulfone groups is 1. The summed E-state index contributed by atoms with van der Waals surface area (Å²) in [6.07, 6.45) is -5.18. The number of alkyl halides is 3. The van der Waals surface area contributed by atoms with Crippen molar-refractivity contribution < 1.29 is 31.1 Å². The van der Waals surface area contributed by atoms with Crippen molar-refractivity contribution in [1.82, 2.24) is 0 Å². The lowest BCUT2D eigenvalue weighted by Crippen LogP contribution is -2.18. The summed E-state index contributed by atoms with van der Waals surface area (Å²) < 4.78 is 64.7. The van der Waals surface area contributed by atoms with E-state index in [4.69, 9.17) is 0 Å². The summed E-state index contributed by atoms with van der Waals surface area (Å²) >= 11 is 0. The Morgan fingerprint density at radius 2 is 1.77 bits per heavy atom. The number of aryl methyl sites for hydroxylation is 1. The molecule has 26 heavy (non-hydrogen) atoms. The zero-order valence-corrected chi connectivity index (χ0v) is 14.5. The van der Waals surface area contributed by atoms with E-state index in [2.05, 4.69) is 10.1 Å². The molecular weight excluding hydrogens is 371 g/mol. The minimum atomic E-state index is -4.84. The molecule has 0 aliphatic rings. The fraction of sp³-hybridized carbons (Fsp3) is 0.235. The molecule has 0 saturated carbocycles. The molecule has 0 aliphatic heterocycles. The van der Waals surface area contributed by atoms with Crippen LogP contribution in [0.5, 0.6) is 5.75 Å². The van der Waals surface area contributed by atoms with Crippen LogP contribution in [0.15, 0.2) is 53.4 Å². The van der Waals surface area contributed by atoms with Gasteiger partial charge in [-0.1, -0.05) is 23.8 Å². The van der Waals surface area contributed by atoms with E-state index in [-0.39, 0.29) is 17.0 Å². The molecule has 2 aromatic rings. The Labute approximate surface area is 148 Å². The van der Waals surface area contributed by atoms with Gasteiger partial charge in [-0.05, 0) is 31.2 Å². The zero-order valence-electron chi connectivity index (χ0n) is 13.7. The lowest BCUT2D eigenvalue weighted by Gasteiger charge is -2.11. The quantitative estimate of drug-likeness (QED) is 0.820. The van der Waals surface area contributed by atoms with Crippen molar-refractivity contribution in [2.75, 3.05) is 11.1 Å². The van der Waals surface area contributed by atoms with Crippen LogP contribution in [0.4, 0.5) is 18.9 Å². The number of rotatable bonds is 6. The number of carbonyl (C=O) groups excluding carboxylic acids is 1. The third kappa shape index (κ3) is 6.07. The van der Waals surface area contributed by atoms with E-state index in [1.807, 2.05) is 6.92 Å². The van der Waals surface area contributed by atoms with Crippen molar-refractivity contribution in [2.24, 2.45) is 0 Å². The molecule has 1 amide bonds. The van der Waals surface area contributed by atoms with E-state index < -0.39 is 33.6 Å². The Bertz CT molecular complexity index is 878. The molecule has 1 N–H and O–H groups in total. The van der Waals surface area contributed by atoms with Gasteiger partial charge in [-0.3, -0.25) is 4.79 Å². The van der Waals surface area contributed by atoms with Crippen LogP contribution >= 0.6 is 0 Å². The highest BCUT2D eigenvalue weighted by Crippen LogP contribution is 2.25. The number of benzene rings is 2. The monoisotopic (exact) mass is 387 g/mol. The van der Waals surface area contributed by atoms with Gasteiger partial charge in [-0.25, -0.2) is 8.42 Å². The van der Waals surface area contributed by atoms with E-state index in [1.54, 1.807) is 12.1 Å². The summed E-state index contributed by atoms with van der Waals surface area (Å²) in [7, 11) is -3.63. The van der Waals surface area contributed by atoms with Gasteiger partial charge >= 0.3 is 6.36 Å². The van der Waals surface area contributed by atoms with E-state index in [0.29, 0.717) is 0 Å². The van der Waals surface area contributed by atoms with Gasteiger partial charge < -0.3 is 10.1 Å². The molecule has 0 unspecified atom stereocenters. The van der Waals surface area contributed by atoms with Crippen LogP contribution < -0.4 is 10.1 Å². The van der Waals surface area contributed by atoms with Gasteiger partial charge in [-0.15, -0.1) is 13.2 Å². The maximum atomic E-state index is 12.2. The van der Waals surface area contributed by atoms with Gasteiger partial charge in [0.25, 0.3) is 0 Å². The van der Waals surface area contributed by atoms with E-state index in [1.165, 1.54) is 24.3 Å². The van der Waals surface area contributed by atoms with Crippen molar-refractivity contribution in [3.05, 3.63) is 54.1 Å². The zero-order chi connectivity index (χ0) is 19.4. The third-order valence-electron chi connectivity index (χ3n) is 3.33. The molecule has 5 nitrogen and oxygen atoms in total. The first-order chi connectivity index (χ1) is 12.0. The predicted octanol–water partition coefficient (Wildman–Crippen LogP) is 3.70. The smallest absolute Gasteiger partial charge is 0.406 e. The largest absolute Gasteiger partial charge is 0.573 e. The Morgan fingerprint density at radius 3 is 2.38 bits per heavy atom. The van der Waals surface area contributed by atoms with Gasteiger partial charge in [0.1, 0.15) is 5.75 Å². The third-order valence-corrected chi connectivity index (χ3v) is 5.06. The minimum Gasteiger partial charge on any atom is -0.406 e. The fourth-order valence-corrected chi connectivity index (χ4v) is 3.33. The second kappa shape index (κ2) is 7.77. The van der Waals surface area contributed by atoms with Gasteiger partial charge in [0.2, 0.25) is 5.91 Å². The molecular formula is C17H16F3NO4S. The Balaban J connectivity index is 1.96. The molecule has 0 heterocycles. The van der Waals surface area contributed by atoms with Crippen molar-refractivity contribution in [1.29, 1.82) is 0 Å². The summed E-state index contributed by atoms with van der Waals surface area (Å²) in [6, 6.07) is 11.0. The fourth-order valence-electron chi connectivity index (χ4n) is 2.08. The van der Waals surface area contributed by atoms with E-state index in [0.717, 1.165) is 17.7 Å². The second-order valence-electron chi connectivity index (χ2n) is 5.51. The van der Waals surface area contributed by atoms with Crippen LogP contribution in [0, 0.1) is 6.92 Å². The first-order valence-electron chi connectivity index (χ1n) is 7.50. The standard InChI is InChI=1S/C17H16F3NO4S/c1-12-5-7-15(8-6-12)26(23,24)10-9-16(22)21-13-3-2-4-14(11-13)25-17(18,19)20/h2-8,11H,9-10H2,1H3,(H,21,22).